The summed E-state index contributed by atoms with van der Waals surface area (Å²) in [5.74, 6) is 0.990. The van der Waals surface area contributed by atoms with Crippen molar-refractivity contribution in [3.8, 4) is 11.5 Å². The average Bonchev–Trinajstić information content (AvgIpc) is 2.46. The molecule has 21 heavy (non-hydrogen) atoms. The summed E-state index contributed by atoms with van der Waals surface area (Å²) >= 11 is 11.8. The van der Waals surface area contributed by atoms with Crippen LogP contribution in [0.1, 0.15) is 10.4 Å². The molecule has 1 N–H and O–H groups in total. The van der Waals surface area contributed by atoms with Crippen LogP contribution in [0.3, 0.4) is 0 Å². The zero-order valence-electron chi connectivity index (χ0n) is 10.9. The molecule has 1 heterocycles. The number of halogens is 2. The summed E-state index contributed by atoms with van der Waals surface area (Å²) in [7, 11) is 0. The van der Waals surface area contributed by atoms with Gasteiger partial charge in [0.2, 0.25) is 0 Å². The molecule has 0 fully saturated rings. The van der Waals surface area contributed by atoms with Crippen LogP contribution < -0.4 is 14.8 Å². The lowest BCUT2D eigenvalue weighted by Crippen LogP contribution is -2.16. The van der Waals surface area contributed by atoms with Gasteiger partial charge in [0.1, 0.15) is 13.2 Å². The normalized spacial score (nSPS) is 12.9. The molecule has 1 amide bonds. The molecule has 0 atom stereocenters. The number of carbonyl (C=O) groups excluding carboxylic acids is 1. The Bertz CT molecular complexity index is 683. The highest BCUT2D eigenvalue weighted by molar-refractivity contribution is 6.35. The van der Waals surface area contributed by atoms with Gasteiger partial charge in [-0.05, 0) is 30.3 Å². The monoisotopic (exact) mass is 323 g/mol. The number of anilines is 1. The summed E-state index contributed by atoms with van der Waals surface area (Å²) in [6.45, 7) is 1.02. The molecule has 0 aliphatic carbocycles. The second-order valence-corrected chi connectivity index (χ2v) is 5.34. The molecule has 1 aliphatic rings. The first kappa shape index (κ1) is 14.0. The summed E-state index contributed by atoms with van der Waals surface area (Å²) in [4.78, 5) is 12.2. The zero-order chi connectivity index (χ0) is 14.8. The van der Waals surface area contributed by atoms with Crippen molar-refractivity contribution in [3.63, 3.8) is 0 Å². The van der Waals surface area contributed by atoms with Gasteiger partial charge in [-0.3, -0.25) is 4.79 Å². The third-order valence-electron chi connectivity index (χ3n) is 2.92. The smallest absolute Gasteiger partial charge is 0.255 e. The average molecular weight is 324 g/mol. The predicted molar refractivity (Wildman–Crippen MR) is 81.8 cm³/mol. The quantitative estimate of drug-likeness (QED) is 0.908. The minimum atomic E-state index is -0.295. The van der Waals surface area contributed by atoms with E-state index in [0.29, 0.717) is 46.0 Å². The Morgan fingerprint density at radius 3 is 2.33 bits per heavy atom. The van der Waals surface area contributed by atoms with Gasteiger partial charge in [-0.1, -0.05) is 23.2 Å². The van der Waals surface area contributed by atoms with Gasteiger partial charge in [-0.2, -0.15) is 0 Å². The summed E-state index contributed by atoms with van der Waals surface area (Å²) in [6, 6.07) is 9.91. The largest absolute Gasteiger partial charge is 0.486 e. The van der Waals surface area contributed by atoms with Crippen molar-refractivity contribution in [2.24, 2.45) is 0 Å². The van der Waals surface area contributed by atoms with E-state index in [2.05, 4.69) is 5.32 Å². The fourth-order valence-corrected chi connectivity index (χ4v) is 2.54. The van der Waals surface area contributed by atoms with E-state index in [9.17, 15) is 4.79 Å². The van der Waals surface area contributed by atoms with E-state index < -0.39 is 0 Å². The molecule has 0 radical (unpaired) electrons. The van der Waals surface area contributed by atoms with Gasteiger partial charge in [-0.15, -0.1) is 0 Å². The fraction of sp³-hybridized carbons (Fsp3) is 0.133. The molecular formula is C15H11Cl2NO3. The molecule has 108 valence electrons. The van der Waals surface area contributed by atoms with Crippen LogP contribution in [0.2, 0.25) is 10.0 Å². The SMILES string of the molecule is O=C(Nc1ccc2c(c1)OCCO2)c1cc(Cl)cc(Cl)c1. The number of benzene rings is 2. The van der Waals surface area contributed by atoms with Crippen molar-refractivity contribution in [1.29, 1.82) is 0 Å². The maximum Gasteiger partial charge on any atom is 0.255 e. The molecule has 0 aromatic heterocycles. The lowest BCUT2D eigenvalue weighted by Gasteiger charge is -2.19. The van der Waals surface area contributed by atoms with Crippen LogP contribution in [0, 0.1) is 0 Å². The Hall–Kier alpha value is -1.91. The number of nitrogens with one attached hydrogen (secondary N) is 1. The number of hydrogen-bond acceptors (Lipinski definition) is 3. The first-order valence-electron chi connectivity index (χ1n) is 6.29. The van der Waals surface area contributed by atoms with E-state index in [1.54, 1.807) is 36.4 Å². The minimum absolute atomic E-state index is 0.295. The molecule has 2 aromatic rings. The molecular weight excluding hydrogens is 313 g/mol. The molecule has 1 aliphatic heterocycles. The van der Waals surface area contributed by atoms with Crippen LogP contribution in [0.5, 0.6) is 11.5 Å². The van der Waals surface area contributed by atoms with Crippen LogP contribution in [-0.2, 0) is 0 Å². The van der Waals surface area contributed by atoms with Crippen molar-refractivity contribution in [2.45, 2.75) is 0 Å². The van der Waals surface area contributed by atoms with Gasteiger partial charge in [0.25, 0.3) is 5.91 Å². The van der Waals surface area contributed by atoms with Crippen LogP contribution in [-0.4, -0.2) is 19.1 Å². The van der Waals surface area contributed by atoms with E-state index in [0.717, 1.165) is 0 Å². The highest BCUT2D eigenvalue weighted by Crippen LogP contribution is 2.32. The number of hydrogen-bond donors (Lipinski definition) is 1. The van der Waals surface area contributed by atoms with Gasteiger partial charge in [0.05, 0.1) is 0 Å². The lowest BCUT2D eigenvalue weighted by molar-refractivity contribution is 0.102. The second kappa shape index (κ2) is 5.84. The minimum Gasteiger partial charge on any atom is -0.486 e. The van der Waals surface area contributed by atoms with Crippen molar-refractivity contribution in [2.75, 3.05) is 18.5 Å². The molecule has 0 saturated carbocycles. The number of amides is 1. The fourth-order valence-electron chi connectivity index (χ4n) is 2.01. The highest BCUT2D eigenvalue weighted by atomic mass is 35.5. The van der Waals surface area contributed by atoms with Crippen LogP contribution in [0.25, 0.3) is 0 Å². The van der Waals surface area contributed by atoms with Gasteiger partial charge in [0, 0.05) is 27.4 Å². The van der Waals surface area contributed by atoms with E-state index in [1.165, 1.54) is 0 Å². The molecule has 0 bridgehead atoms. The highest BCUT2D eigenvalue weighted by Gasteiger charge is 2.14. The summed E-state index contributed by atoms with van der Waals surface area (Å²) in [5, 5.41) is 3.59. The van der Waals surface area contributed by atoms with E-state index in [1.807, 2.05) is 0 Å². The van der Waals surface area contributed by atoms with Gasteiger partial charge in [-0.25, -0.2) is 0 Å². The molecule has 2 aromatic carbocycles. The maximum absolute atomic E-state index is 12.2. The van der Waals surface area contributed by atoms with Crippen LogP contribution >= 0.6 is 23.2 Å². The van der Waals surface area contributed by atoms with Crippen molar-refractivity contribution >= 4 is 34.8 Å². The van der Waals surface area contributed by atoms with Crippen molar-refractivity contribution in [3.05, 3.63) is 52.0 Å². The molecule has 0 spiro atoms. The number of ether oxygens (including phenoxy) is 2. The Labute approximate surface area is 131 Å². The third kappa shape index (κ3) is 3.23. The first-order chi connectivity index (χ1) is 10.1. The van der Waals surface area contributed by atoms with Gasteiger partial charge >= 0.3 is 0 Å². The number of carbonyl (C=O) groups is 1. The van der Waals surface area contributed by atoms with Crippen molar-refractivity contribution < 1.29 is 14.3 Å². The Morgan fingerprint density at radius 2 is 1.62 bits per heavy atom. The standard InChI is InChI=1S/C15H11Cl2NO3/c16-10-5-9(6-11(17)7-10)15(19)18-12-1-2-13-14(8-12)21-4-3-20-13/h1-2,5-8H,3-4H2,(H,18,19). The maximum atomic E-state index is 12.2. The Morgan fingerprint density at radius 1 is 0.952 bits per heavy atom. The molecule has 6 heteroatoms. The van der Waals surface area contributed by atoms with Crippen molar-refractivity contribution in [1.82, 2.24) is 0 Å². The third-order valence-corrected chi connectivity index (χ3v) is 3.36. The Kier molecular flexibility index (Phi) is 3.90. The molecule has 4 nitrogen and oxygen atoms in total. The van der Waals surface area contributed by atoms with E-state index >= 15 is 0 Å². The molecule has 0 unspecified atom stereocenters. The molecule has 0 saturated heterocycles. The van der Waals surface area contributed by atoms with Gasteiger partial charge in [0.15, 0.2) is 11.5 Å². The zero-order valence-corrected chi connectivity index (χ0v) is 12.4. The summed E-state index contributed by atoms with van der Waals surface area (Å²) < 4.78 is 10.9. The van der Waals surface area contributed by atoms with E-state index in [-0.39, 0.29) is 5.91 Å². The predicted octanol–water partition coefficient (Wildman–Crippen LogP) is 4.02. The lowest BCUT2D eigenvalue weighted by atomic mass is 10.2. The van der Waals surface area contributed by atoms with Crippen LogP contribution in [0.15, 0.2) is 36.4 Å². The number of rotatable bonds is 2. The number of fused-ring (bicyclic) bond motifs is 1. The summed E-state index contributed by atoms with van der Waals surface area (Å²) in [6.07, 6.45) is 0. The molecule has 3 rings (SSSR count). The second-order valence-electron chi connectivity index (χ2n) is 4.47. The van der Waals surface area contributed by atoms with Crippen LogP contribution in [0.4, 0.5) is 5.69 Å². The summed E-state index contributed by atoms with van der Waals surface area (Å²) in [5.41, 5.74) is 1.00. The topological polar surface area (TPSA) is 47.6 Å². The van der Waals surface area contributed by atoms with Gasteiger partial charge < -0.3 is 14.8 Å². The van der Waals surface area contributed by atoms with E-state index in [4.69, 9.17) is 32.7 Å². The first-order valence-corrected chi connectivity index (χ1v) is 7.04. The Balaban J connectivity index is 1.81.